The van der Waals surface area contributed by atoms with Crippen molar-refractivity contribution < 1.29 is 9.53 Å². The second-order valence-corrected chi connectivity index (χ2v) is 3.83. The van der Waals surface area contributed by atoms with Gasteiger partial charge in [0.05, 0.1) is 18.8 Å². The van der Waals surface area contributed by atoms with Crippen molar-refractivity contribution >= 4 is 11.6 Å². The van der Waals surface area contributed by atoms with Gasteiger partial charge in [-0.2, -0.15) is 0 Å². The molecule has 90 valence electrons. The summed E-state index contributed by atoms with van der Waals surface area (Å²) in [5.41, 5.74) is 0.979. The number of carbonyl (C=O) groups excluding carboxylic acids is 1. The monoisotopic (exact) mass is 232 g/mol. The second kappa shape index (κ2) is 5.39. The molecular formula is C13H16N2O2. The molecule has 1 aromatic carbocycles. The van der Waals surface area contributed by atoms with Crippen LogP contribution in [0.5, 0.6) is 5.75 Å². The highest BCUT2D eigenvalue weighted by molar-refractivity contribution is 5.82. The summed E-state index contributed by atoms with van der Waals surface area (Å²) in [5, 5.41) is 2.77. The molecule has 0 bridgehead atoms. The molecule has 0 aromatic heterocycles. The molecule has 17 heavy (non-hydrogen) atoms. The number of anilines is 1. The third-order valence-electron chi connectivity index (χ3n) is 2.60. The van der Waals surface area contributed by atoms with Gasteiger partial charge in [0, 0.05) is 6.54 Å². The van der Waals surface area contributed by atoms with Gasteiger partial charge in [0.1, 0.15) is 12.4 Å². The number of rotatable bonds is 4. The van der Waals surface area contributed by atoms with Crippen molar-refractivity contribution in [3.63, 3.8) is 0 Å². The molecule has 0 atom stereocenters. The summed E-state index contributed by atoms with van der Waals surface area (Å²) >= 11 is 0. The average molecular weight is 232 g/mol. The molecule has 4 nitrogen and oxygen atoms in total. The number of amides is 1. The highest BCUT2D eigenvalue weighted by Gasteiger charge is 2.19. The first kappa shape index (κ1) is 11.5. The molecule has 0 saturated carbocycles. The van der Waals surface area contributed by atoms with Crippen LogP contribution >= 0.6 is 0 Å². The topological polar surface area (TPSA) is 41.6 Å². The molecular weight excluding hydrogens is 216 g/mol. The predicted molar refractivity (Wildman–Crippen MR) is 67.4 cm³/mol. The summed E-state index contributed by atoms with van der Waals surface area (Å²) in [6, 6.07) is 7.76. The molecule has 1 aliphatic rings. The van der Waals surface area contributed by atoms with Crippen LogP contribution in [0, 0.1) is 0 Å². The molecule has 1 aromatic rings. The lowest BCUT2D eigenvalue weighted by atomic mass is 10.2. The van der Waals surface area contributed by atoms with E-state index in [2.05, 4.69) is 11.9 Å². The van der Waals surface area contributed by atoms with Crippen LogP contribution in [0.1, 0.15) is 0 Å². The van der Waals surface area contributed by atoms with Crippen LogP contribution in [-0.2, 0) is 4.79 Å². The third kappa shape index (κ3) is 2.78. The first-order chi connectivity index (χ1) is 8.31. The molecule has 0 spiro atoms. The Morgan fingerprint density at radius 2 is 2.35 bits per heavy atom. The summed E-state index contributed by atoms with van der Waals surface area (Å²) in [5.74, 6) is 0.844. The van der Waals surface area contributed by atoms with E-state index in [0.717, 1.165) is 18.0 Å². The molecule has 1 aliphatic heterocycles. The summed E-state index contributed by atoms with van der Waals surface area (Å²) in [6.45, 7) is 5.78. The maximum absolute atomic E-state index is 11.6. The fraction of sp³-hybridized carbons (Fsp3) is 0.308. The Kier molecular flexibility index (Phi) is 3.65. The van der Waals surface area contributed by atoms with E-state index in [0.29, 0.717) is 19.7 Å². The van der Waals surface area contributed by atoms with Crippen molar-refractivity contribution in [2.24, 2.45) is 0 Å². The second-order valence-electron chi connectivity index (χ2n) is 3.83. The van der Waals surface area contributed by atoms with Gasteiger partial charge in [-0.05, 0) is 12.1 Å². The Labute approximate surface area is 101 Å². The fourth-order valence-electron chi connectivity index (χ4n) is 1.81. The van der Waals surface area contributed by atoms with Crippen LogP contribution in [0.4, 0.5) is 5.69 Å². The van der Waals surface area contributed by atoms with Gasteiger partial charge in [0.2, 0.25) is 5.91 Å². The summed E-state index contributed by atoms with van der Waals surface area (Å²) < 4.78 is 5.53. The van der Waals surface area contributed by atoms with Crippen LogP contribution in [0.2, 0.25) is 0 Å². The Bertz CT molecular complexity index is 418. The number of benzene rings is 1. The van der Waals surface area contributed by atoms with Crippen molar-refractivity contribution in [3.8, 4) is 5.75 Å². The molecule has 1 heterocycles. The number of hydrogen-bond donors (Lipinski definition) is 1. The Hall–Kier alpha value is -1.97. The standard InChI is InChI=1S/C13H16N2O2/c1-2-7-14-13(16)10-15-8-9-17-12-6-4-3-5-11(12)15/h2-6H,1,7-10H2,(H,14,16). The van der Waals surface area contributed by atoms with E-state index in [-0.39, 0.29) is 5.91 Å². The van der Waals surface area contributed by atoms with E-state index >= 15 is 0 Å². The van der Waals surface area contributed by atoms with Crippen LogP contribution < -0.4 is 15.0 Å². The van der Waals surface area contributed by atoms with Gasteiger partial charge in [-0.1, -0.05) is 18.2 Å². The number of nitrogens with zero attached hydrogens (tertiary/aromatic N) is 1. The summed E-state index contributed by atoms with van der Waals surface area (Å²) in [6.07, 6.45) is 1.67. The van der Waals surface area contributed by atoms with Crippen molar-refractivity contribution in [2.75, 3.05) is 31.1 Å². The Morgan fingerprint density at radius 1 is 1.53 bits per heavy atom. The molecule has 4 heteroatoms. The highest BCUT2D eigenvalue weighted by Crippen LogP contribution is 2.30. The van der Waals surface area contributed by atoms with E-state index in [9.17, 15) is 4.79 Å². The minimum atomic E-state index is 0.00148. The third-order valence-corrected chi connectivity index (χ3v) is 2.60. The van der Waals surface area contributed by atoms with Gasteiger partial charge in [0.15, 0.2) is 0 Å². The zero-order valence-electron chi connectivity index (χ0n) is 9.69. The maximum atomic E-state index is 11.6. The van der Waals surface area contributed by atoms with E-state index in [1.165, 1.54) is 0 Å². The molecule has 0 unspecified atom stereocenters. The van der Waals surface area contributed by atoms with Gasteiger partial charge < -0.3 is 15.0 Å². The van der Waals surface area contributed by atoms with Crippen LogP contribution in [0.15, 0.2) is 36.9 Å². The van der Waals surface area contributed by atoms with Crippen molar-refractivity contribution in [3.05, 3.63) is 36.9 Å². The van der Waals surface area contributed by atoms with Crippen molar-refractivity contribution in [1.29, 1.82) is 0 Å². The lowest BCUT2D eigenvalue weighted by molar-refractivity contribution is -0.119. The van der Waals surface area contributed by atoms with Gasteiger partial charge in [-0.15, -0.1) is 6.58 Å². The Morgan fingerprint density at radius 3 is 3.18 bits per heavy atom. The molecule has 2 rings (SSSR count). The van der Waals surface area contributed by atoms with E-state index in [1.807, 2.05) is 29.2 Å². The molecule has 0 fully saturated rings. The number of fused-ring (bicyclic) bond motifs is 1. The molecule has 0 saturated heterocycles. The normalized spacial score (nSPS) is 13.5. The number of para-hydroxylation sites is 2. The number of nitrogens with one attached hydrogen (secondary N) is 1. The van der Waals surface area contributed by atoms with Crippen LogP contribution in [0.3, 0.4) is 0 Å². The first-order valence-electron chi connectivity index (χ1n) is 5.65. The molecule has 0 aliphatic carbocycles. The fourth-order valence-corrected chi connectivity index (χ4v) is 1.81. The minimum Gasteiger partial charge on any atom is -0.490 e. The van der Waals surface area contributed by atoms with Crippen LogP contribution in [0.25, 0.3) is 0 Å². The quantitative estimate of drug-likeness (QED) is 0.793. The maximum Gasteiger partial charge on any atom is 0.239 e. The number of ether oxygens (including phenoxy) is 1. The molecule has 1 amide bonds. The van der Waals surface area contributed by atoms with Gasteiger partial charge in [0.25, 0.3) is 0 Å². The van der Waals surface area contributed by atoms with E-state index in [1.54, 1.807) is 6.08 Å². The zero-order valence-corrected chi connectivity index (χ0v) is 9.69. The molecule has 1 N–H and O–H groups in total. The minimum absolute atomic E-state index is 0.00148. The van der Waals surface area contributed by atoms with Gasteiger partial charge in [-0.25, -0.2) is 0 Å². The predicted octanol–water partition coefficient (Wildman–Crippen LogP) is 1.19. The summed E-state index contributed by atoms with van der Waals surface area (Å²) in [7, 11) is 0. The smallest absolute Gasteiger partial charge is 0.239 e. The molecule has 0 radical (unpaired) electrons. The zero-order chi connectivity index (χ0) is 12.1. The van der Waals surface area contributed by atoms with Gasteiger partial charge in [-0.3, -0.25) is 4.79 Å². The van der Waals surface area contributed by atoms with Crippen LogP contribution in [-0.4, -0.2) is 32.1 Å². The summed E-state index contributed by atoms with van der Waals surface area (Å²) in [4.78, 5) is 13.7. The number of hydrogen-bond acceptors (Lipinski definition) is 3. The average Bonchev–Trinajstić information content (AvgIpc) is 2.37. The lowest BCUT2D eigenvalue weighted by Gasteiger charge is -2.30. The largest absolute Gasteiger partial charge is 0.490 e. The highest BCUT2D eigenvalue weighted by atomic mass is 16.5. The lowest BCUT2D eigenvalue weighted by Crippen LogP contribution is -2.41. The van der Waals surface area contributed by atoms with E-state index in [4.69, 9.17) is 4.74 Å². The van der Waals surface area contributed by atoms with Crippen molar-refractivity contribution in [1.82, 2.24) is 5.32 Å². The van der Waals surface area contributed by atoms with Crippen molar-refractivity contribution in [2.45, 2.75) is 0 Å². The number of carbonyl (C=O) groups is 1. The van der Waals surface area contributed by atoms with Gasteiger partial charge >= 0.3 is 0 Å². The SMILES string of the molecule is C=CCNC(=O)CN1CCOc2ccccc21. The first-order valence-corrected chi connectivity index (χ1v) is 5.65. The Balaban J connectivity index is 2.03. The van der Waals surface area contributed by atoms with E-state index < -0.39 is 0 Å².